The van der Waals surface area contributed by atoms with Crippen molar-refractivity contribution in [1.82, 2.24) is 4.98 Å². The topological polar surface area (TPSA) is 85.1 Å². The molecule has 126 valence electrons. The largest absolute Gasteiger partial charge is 0.366 e. The molecule has 25 heavy (non-hydrogen) atoms. The predicted molar refractivity (Wildman–Crippen MR) is 95.2 cm³/mol. The van der Waals surface area contributed by atoms with Crippen LogP contribution in [0.5, 0.6) is 0 Å². The number of benzene rings is 2. The van der Waals surface area contributed by atoms with Gasteiger partial charge in [0.2, 0.25) is 0 Å². The second-order valence-corrected chi connectivity index (χ2v) is 6.31. The van der Waals surface area contributed by atoms with Crippen LogP contribution in [0.1, 0.15) is 25.7 Å². The summed E-state index contributed by atoms with van der Waals surface area (Å²) in [7, 11) is 0. The summed E-state index contributed by atoms with van der Waals surface area (Å²) in [4.78, 5) is 28.6. The maximum atomic E-state index is 13.5. The van der Waals surface area contributed by atoms with Crippen LogP contribution < -0.4 is 11.1 Å². The van der Waals surface area contributed by atoms with Gasteiger partial charge in [-0.25, -0.2) is 9.37 Å². The number of rotatable bonds is 4. The lowest BCUT2D eigenvalue weighted by molar-refractivity contribution is 0.0993. The Hall–Kier alpha value is -3.06. The molecule has 3 rings (SSSR count). The second kappa shape index (κ2) is 6.82. The molecule has 7 heteroatoms. The molecule has 1 heterocycles. The van der Waals surface area contributed by atoms with Gasteiger partial charge in [-0.15, -0.1) is 11.3 Å². The monoisotopic (exact) mass is 355 g/mol. The van der Waals surface area contributed by atoms with Gasteiger partial charge in [0.15, 0.2) is 0 Å². The number of carbonyl (C=O) groups excluding carboxylic acids is 2. The van der Waals surface area contributed by atoms with E-state index in [0.29, 0.717) is 10.6 Å². The average Bonchev–Trinajstić information content (AvgIpc) is 2.99. The summed E-state index contributed by atoms with van der Waals surface area (Å²) < 4.78 is 13.5. The third kappa shape index (κ3) is 3.56. The van der Waals surface area contributed by atoms with E-state index in [1.165, 1.54) is 23.5 Å². The third-order valence-corrected chi connectivity index (χ3v) is 4.72. The summed E-state index contributed by atoms with van der Waals surface area (Å²) in [6.45, 7) is 1.75. The summed E-state index contributed by atoms with van der Waals surface area (Å²) in [6.07, 6.45) is 0. The number of nitrogens with two attached hydrogens (primary N) is 1. The predicted octanol–water partition coefficient (Wildman–Crippen LogP) is 3.61. The zero-order valence-electron chi connectivity index (χ0n) is 13.2. The number of nitrogens with one attached hydrogen (secondary N) is 1. The van der Waals surface area contributed by atoms with E-state index in [0.717, 1.165) is 16.6 Å². The molecular weight excluding hydrogens is 341 g/mol. The van der Waals surface area contributed by atoms with Gasteiger partial charge in [-0.1, -0.05) is 30.3 Å². The van der Waals surface area contributed by atoms with Gasteiger partial charge in [0, 0.05) is 11.3 Å². The summed E-state index contributed by atoms with van der Waals surface area (Å²) in [5.74, 6) is -2.00. The highest BCUT2D eigenvalue weighted by Gasteiger charge is 2.17. The van der Waals surface area contributed by atoms with Crippen molar-refractivity contribution < 1.29 is 14.0 Å². The van der Waals surface area contributed by atoms with Crippen LogP contribution in [0.15, 0.2) is 48.5 Å². The molecule has 0 fully saturated rings. The summed E-state index contributed by atoms with van der Waals surface area (Å²) in [5.41, 5.74) is 6.65. The molecule has 2 amide bonds. The number of amides is 2. The van der Waals surface area contributed by atoms with E-state index in [1.807, 2.05) is 30.3 Å². The molecule has 0 radical (unpaired) electrons. The van der Waals surface area contributed by atoms with Crippen molar-refractivity contribution in [3.05, 3.63) is 70.5 Å². The van der Waals surface area contributed by atoms with Crippen molar-refractivity contribution in [2.45, 2.75) is 6.92 Å². The maximum absolute atomic E-state index is 13.5. The van der Waals surface area contributed by atoms with Crippen LogP contribution in [-0.4, -0.2) is 16.8 Å². The van der Waals surface area contributed by atoms with Crippen molar-refractivity contribution in [1.29, 1.82) is 0 Å². The SMILES string of the molecule is Cc1nc(-c2ccccc2)sc1C(=O)Nc1ccc(F)c(C(N)=O)c1. The number of thiazole rings is 1. The molecule has 5 nitrogen and oxygen atoms in total. The molecule has 0 saturated heterocycles. The summed E-state index contributed by atoms with van der Waals surface area (Å²) in [6, 6.07) is 13.2. The maximum Gasteiger partial charge on any atom is 0.267 e. The molecule has 0 aliphatic rings. The number of nitrogens with zero attached hydrogens (tertiary/aromatic N) is 1. The number of primary amides is 1. The summed E-state index contributed by atoms with van der Waals surface area (Å²) >= 11 is 1.26. The first-order chi connectivity index (χ1) is 12.0. The van der Waals surface area contributed by atoms with E-state index in [2.05, 4.69) is 10.3 Å². The lowest BCUT2D eigenvalue weighted by Crippen LogP contribution is -2.15. The number of aryl methyl sites for hydroxylation is 1. The van der Waals surface area contributed by atoms with E-state index in [9.17, 15) is 14.0 Å². The van der Waals surface area contributed by atoms with E-state index in [-0.39, 0.29) is 17.2 Å². The minimum absolute atomic E-state index is 0.274. The molecule has 0 atom stereocenters. The first kappa shape index (κ1) is 16.8. The lowest BCUT2D eigenvalue weighted by Gasteiger charge is -2.06. The van der Waals surface area contributed by atoms with Gasteiger partial charge in [0.25, 0.3) is 11.8 Å². The minimum atomic E-state index is -0.895. The van der Waals surface area contributed by atoms with E-state index < -0.39 is 11.7 Å². The zero-order chi connectivity index (χ0) is 18.0. The molecule has 0 spiro atoms. The van der Waals surface area contributed by atoms with Crippen LogP contribution in [0, 0.1) is 12.7 Å². The fraction of sp³-hybridized carbons (Fsp3) is 0.0556. The molecule has 0 saturated carbocycles. The molecule has 0 unspecified atom stereocenters. The first-order valence-electron chi connectivity index (χ1n) is 7.39. The molecular formula is C18H14FN3O2S. The minimum Gasteiger partial charge on any atom is -0.366 e. The van der Waals surface area contributed by atoms with Crippen LogP contribution in [0.4, 0.5) is 10.1 Å². The van der Waals surface area contributed by atoms with Crippen LogP contribution in [0.2, 0.25) is 0 Å². The van der Waals surface area contributed by atoms with Crippen LogP contribution >= 0.6 is 11.3 Å². The van der Waals surface area contributed by atoms with Crippen molar-refractivity contribution in [2.75, 3.05) is 5.32 Å². The average molecular weight is 355 g/mol. The number of anilines is 1. The second-order valence-electron chi connectivity index (χ2n) is 5.31. The van der Waals surface area contributed by atoms with Gasteiger partial charge in [0.05, 0.1) is 11.3 Å². The van der Waals surface area contributed by atoms with Gasteiger partial charge in [-0.3, -0.25) is 9.59 Å². The fourth-order valence-corrected chi connectivity index (χ4v) is 3.26. The molecule has 3 N–H and O–H groups in total. The quantitative estimate of drug-likeness (QED) is 0.750. The molecule has 0 aliphatic carbocycles. The van der Waals surface area contributed by atoms with Gasteiger partial charge in [-0.05, 0) is 25.1 Å². The Morgan fingerprint density at radius 2 is 1.88 bits per heavy atom. The van der Waals surface area contributed by atoms with E-state index >= 15 is 0 Å². The van der Waals surface area contributed by atoms with Crippen LogP contribution in [-0.2, 0) is 0 Å². The van der Waals surface area contributed by atoms with Crippen molar-refractivity contribution >= 4 is 28.8 Å². The Labute approximate surface area is 147 Å². The van der Waals surface area contributed by atoms with Crippen LogP contribution in [0.25, 0.3) is 10.6 Å². The Morgan fingerprint density at radius 1 is 1.16 bits per heavy atom. The molecule has 1 aromatic heterocycles. The van der Waals surface area contributed by atoms with Crippen molar-refractivity contribution in [2.24, 2.45) is 5.73 Å². The van der Waals surface area contributed by atoms with Gasteiger partial charge in [-0.2, -0.15) is 0 Å². The number of carbonyl (C=O) groups is 2. The van der Waals surface area contributed by atoms with Crippen molar-refractivity contribution in [3.63, 3.8) is 0 Å². The number of halogens is 1. The smallest absolute Gasteiger partial charge is 0.267 e. The Morgan fingerprint density at radius 3 is 2.56 bits per heavy atom. The van der Waals surface area contributed by atoms with E-state index in [4.69, 9.17) is 5.73 Å². The zero-order valence-corrected chi connectivity index (χ0v) is 14.1. The Kier molecular flexibility index (Phi) is 4.58. The third-order valence-electron chi connectivity index (χ3n) is 3.51. The van der Waals surface area contributed by atoms with Gasteiger partial charge >= 0.3 is 0 Å². The van der Waals surface area contributed by atoms with Gasteiger partial charge < -0.3 is 11.1 Å². The fourth-order valence-electron chi connectivity index (χ4n) is 2.29. The van der Waals surface area contributed by atoms with Crippen molar-refractivity contribution in [3.8, 4) is 10.6 Å². The highest BCUT2D eigenvalue weighted by molar-refractivity contribution is 7.17. The summed E-state index contributed by atoms with van der Waals surface area (Å²) in [5, 5.41) is 3.38. The lowest BCUT2D eigenvalue weighted by atomic mass is 10.1. The van der Waals surface area contributed by atoms with E-state index in [1.54, 1.807) is 6.92 Å². The molecule has 2 aromatic carbocycles. The molecule has 3 aromatic rings. The highest BCUT2D eigenvalue weighted by atomic mass is 32.1. The highest BCUT2D eigenvalue weighted by Crippen LogP contribution is 2.28. The first-order valence-corrected chi connectivity index (χ1v) is 8.21. The normalized spacial score (nSPS) is 10.5. The Bertz CT molecular complexity index is 954. The Balaban J connectivity index is 1.86. The number of hydrogen-bond acceptors (Lipinski definition) is 4. The van der Waals surface area contributed by atoms with Crippen LogP contribution in [0.3, 0.4) is 0 Å². The molecule has 0 bridgehead atoms. The number of hydrogen-bond donors (Lipinski definition) is 2. The molecule has 0 aliphatic heterocycles. The number of aromatic nitrogens is 1. The van der Waals surface area contributed by atoms with Gasteiger partial charge in [0.1, 0.15) is 15.7 Å². The standard InChI is InChI=1S/C18H14FN3O2S/c1-10-15(25-18(21-10)11-5-3-2-4-6-11)17(24)22-12-7-8-14(19)13(9-12)16(20)23/h2-9H,1H3,(H2,20,23)(H,22,24).